The van der Waals surface area contributed by atoms with Crippen LogP contribution in [0.3, 0.4) is 0 Å². The standard InChI is InChI=1S/C2BrCl2F/c3-1(6)2(4)5. The molecule has 0 fully saturated rings. The van der Waals surface area contributed by atoms with Gasteiger partial charge in [-0.1, -0.05) is 23.2 Å². The van der Waals surface area contributed by atoms with Crippen LogP contribution in [0, 0.1) is 0 Å². The van der Waals surface area contributed by atoms with Gasteiger partial charge in [0.2, 0.25) is 0 Å². The Balaban J connectivity index is 3.68. The molecule has 0 saturated heterocycles. The van der Waals surface area contributed by atoms with E-state index in [0.717, 1.165) is 0 Å². The van der Waals surface area contributed by atoms with Crippen LogP contribution in [0.5, 0.6) is 0 Å². The van der Waals surface area contributed by atoms with Gasteiger partial charge in [0.25, 0.3) is 0 Å². The van der Waals surface area contributed by atoms with Gasteiger partial charge < -0.3 is 0 Å². The first-order valence-corrected chi connectivity index (χ1v) is 2.55. The molecule has 0 unspecified atom stereocenters. The minimum Gasteiger partial charge on any atom is -0.196 e. The third-order valence-electron chi connectivity index (χ3n) is 0.143. The highest BCUT2D eigenvalue weighted by Gasteiger charge is 1.89. The molecule has 0 N–H and O–H groups in total. The SMILES string of the molecule is FC(Br)=C(Cl)Cl. The molecule has 36 valence electrons. The van der Waals surface area contributed by atoms with Crippen molar-refractivity contribution in [2.45, 2.75) is 0 Å². The van der Waals surface area contributed by atoms with Gasteiger partial charge in [0.15, 0.2) is 4.74 Å². The van der Waals surface area contributed by atoms with Gasteiger partial charge in [-0.2, -0.15) is 4.39 Å². The fourth-order valence-corrected chi connectivity index (χ4v) is 0. The van der Waals surface area contributed by atoms with Crippen LogP contribution in [0.2, 0.25) is 0 Å². The van der Waals surface area contributed by atoms with Crippen LogP contribution in [0.4, 0.5) is 4.39 Å². The number of hydrogen-bond acceptors (Lipinski definition) is 0. The first kappa shape index (κ1) is 6.73. The third-order valence-corrected chi connectivity index (χ3v) is 1.33. The Kier molecular flexibility index (Phi) is 3.17. The molecule has 0 bridgehead atoms. The highest BCUT2D eigenvalue weighted by molar-refractivity contribution is 9.11. The smallest absolute Gasteiger partial charge is 0.195 e. The van der Waals surface area contributed by atoms with Crippen molar-refractivity contribution in [3.8, 4) is 0 Å². The lowest BCUT2D eigenvalue weighted by Crippen LogP contribution is -1.49. The minimum atomic E-state index is -0.731. The predicted molar refractivity (Wildman–Crippen MR) is 28.8 cm³/mol. The van der Waals surface area contributed by atoms with Crippen molar-refractivity contribution in [1.82, 2.24) is 0 Å². The summed E-state index contributed by atoms with van der Waals surface area (Å²) in [6, 6.07) is 0. The van der Waals surface area contributed by atoms with Gasteiger partial charge in [-0.15, -0.1) is 0 Å². The van der Waals surface area contributed by atoms with E-state index in [2.05, 4.69) is 15.9 Å². The van der Waals surface area contributed by atoms with Crippen LogP contribution in [0.1, 0.15) is 0 Å². The van der Waals surface area contributed by atoms with Gasteiger partial charge in [-0.25, -0.2) is 0 Å². The monoisotopic (exact) mass is 192 g/mol. The van der Waals surface area contributed by atoms with Crippen LogP contribution in [0.15, 0.2) is 9.23 Å². The van der Waals surface area contributed by atoms with E-state index in [-0.39, 0.29) is 4.49 Å². The first-order chi connectivity index (χ1) is 2.64. The highest BCUT2D eigenvalue weighted by Crippen LogP contribution is 2.19. The molecule has 0 aromatic carbocycles. The molecular formula is C2BrCl2F. The van der Waals surface area contributed by atoms with Gasteiger partial charge in [0.1, 0.15) is 4.49 Å². The van der Waals surface area contributed by atoms with Crippen molar-refractivity contribution < 1.29 is 4.39 Å². The lowest BCUT2D eigenvalue weighted by molar-refractivity contribution is 0.705. The maximum atomic E-state index is 11.4. The fourth-order valence-electron chi connectivity index (χ4n) is 0. The Bertz CT molecular complexity index is 61.6. The second-order valence-corrected chi connectivity index (χ2v) is 2.17. The zero-order valence-electron chi connectivity index (χ0n) is 2.51. The fraction of sp³-hybridized carbons (Fsp3) is 0. The molecule has 6 heavy (non-hydrogen) atoms. The molecule has 0 aliphatic carbocycles. The zero-order chi connectivity index (χ0) is 5.15. The quantitative estimate of drug-likeness (QED) is 0.555. The summed E-state index contributed by atoms with van der Waals surface area (Å²) in [6.45, 7) is 0. The van der Waals surface area contributed by atoms with Crippen LogP contribution < -0.4 is 0 Å². The molecule has 0 aromatic heterocycles. The van der Waals surface area contributed by atoms with Gasteiger partial charge in [0, 0.05) is 0 Å². The number of rotatable bonds is 0. The van der Waals surface area contributed by atoms with Crippen LogP contribution in [-0.4, -0.2) is 0 Å². The predicted octanol–water partition coefficient (Wildman–Crippen LogP) is 2.96. The van der Waals surface area contributed by atoms with E-state index in [4.69, 9.17) is 23.2 Å². The third kappa shape index (κ3) is 2.94. The Morgan fingerprint density at radius 2 is 1.67 bits per heavy atom. The maximum Gasteiger partial charge on any atom is 0.195 e. The molecule has 0 spiro atoms. The van der Waals surface area contributed by atoms with E-state index < -0.39 is 4.74 Å². The average molecular weight is 194 g/mol. The molecule has 0 rings (SSSR count). The minimum absolute atomic E-state index is 0.380. The summed E-state index contributed by atoms with van der Waals surface area (Å²) in [7, 11) is 0. The van der Waals surface area contributed by atoms with Crippen molar-refractivity contribution >= 4 is 39.1 Å². The van der Waals surface area contributed by atoms with Crippen molar-refractivity contribution in [3.05, 3.63) is 9.23 Å². The van der Waals surface area contributed by atoms with Gasteiger partial charge >= 0.3 is 0 Å². The first-order valence-electron chi connectivity index (χ1n) is 1.01. The van der Waals surface area contributed by atoms with Crippen molar-refractivity contribution in [3.63, 3.8) is 0 Å². The van der Waals surface area contributed by atoms with Gasteiger partial charge in [-0.3, -0.25) is 0 Å². The molecule has 0 aromatic rings. The summed E-state index contributed by atoms with van der Waals surface area (Å²) in [5.41, 5.74) is 0. The molecule has 0 amide bonds. The molecule has 0 heterocycles. The molecule has 0 saturated carbocycles. The lowest BCUT2D eigenvalue weighted by atomic mass is 11.2. The Morgan fingerprint density at radius 1 is 1.50 bits per heavy atom. The maximum absolute atomic E-state index is 11.4. The Hall–Kier alpha value is 0.730. The summed E-state index contributed by atoms with van der Waals surface area (Å²) in [5, 5.41) is 0. The topological polar surface area (TPSA) is 0 Å². The largest absolute Gasteiger partial charge is 0.196 e. The molecular weight excluding hydrogens is 194 g/mol. The lowest BCUT2D eigenvalue weighted by Gasteiger charge is -1.74. The van der Waals surface area contributed by atoms with E-state index in [0.29, 0.717) is 0 Å². The van der Waals surface area contributed by atoms with E-state index in [1.54, 1.807) is 0 Å². The van der Waals surface area contributed by atoms with Crippen molar-refractivity contribution in [1.29, 1.82) is 0 Å². The normalized spacial score (nSPS) is 8.00. The van der Waals surface area contributed by atoms with Gasteiger partial charge in [-0.05, 0) is 15.9 Å². The van der Waals surface area contributed by atoms with Crippen LogP contribution in [0.25, 0.3) is 0 Å². The van der Waals surface area contributed by atoms with E-state index in [1.807, 2.05) is 0 Å². The summed E-state index contributed by atoms with van der Waals surface area (Å²) < 4.78 is 10.2. The van der Waals surface area contributed by atoms with E-state index in [9.17, 15) is 4.39 Å². The second-order valence-electron chi connectivity index (χ2n) is 0.521. The molecule has 0 aliphatic rings. The Labute approximate surface area is 53.1 Å². The molecule has 0 aliphatic heterocycles. The van der Waals surface area contributed by atoms with E-state index in [1.165, 1.54) is 0 Å². The molecule has 0 atom stereocenters. The summed E-state index contributed by atoms with van der Waals surface area (Å²) in [5.74, 6) is 0. The zero-order valence-corrected chi connectivity index (χ0v) is 5.61. The number of halogens is 4. The molecule has 0 radical (unpaired) electrons. The van der Waals surface area contributed by atoms with Crippen molar-refractivity contribution in [2.75, 3.05) is 0 Å². The van der Waals surface area contributed by atoms with Crippen LogP contribution in [-0.2, 0) is 0 Å². The van der Waals surface area contributed by atoms with Crippen LogP contribution >= 0.6 is 39.1 Å². The van der Waals surface area contributed by atoms with E-state index >= 15 is 0 Å². The van der Waals surface area contributed by atoms with Crippen molar-refractivity contribution in [2.24, 2.45) is 0 Å². The molecule has 0 nitrogen and oxygen atoms in total. The average Bonchev–Trinajstić information content (AvgIpc) is 1.36. The second kappa shape index (κ2) is 2.83. The Morgan fingerprint density at radius 3 is 1.67 bits per heavy atom. The number of hydrogen-bond donors (Lipinski definition) is 0. The highest BCUT2D eigenvalue weighted by atomic mass is 79.9. The summed E-state index contributed by atoms with van der Waals surface area (Å²) in [6.07, 6.45) is 0. The summed E-state index contributed by atoms with van der Waals surface area (Å²) in [4.78, 5) is 0. The van der Waals surface area contributed by atoms with Gasteiger partial charge in [0.05, 0.1) is 0 Å². The molecule has 4 heteroatoms. The summed E-state index contributed by atoms with van der Waals surface area (Å²) >= 11 is 12.1.